The third-order valence-corrected chi connectivity index (χ3v) is 3.45. The van der Waals surface area contributed by atoms with Crippen LogP contribution in [0.25, 0.3) is 0 Å². The van der Waals surface area contributed by atoms with Gasteiger partial charge in [-0.1, -0.05) is 12.1 Å². The molecule has 0 saturated carbocycles. The fraction of sp³-hybridized carbons (Fsp3) is 0.375. The summed E-state index contributed by atoms with van der Waals surface area (Å²) in [4.78, 5) is 12.1. The zero-order valence-electron chi connectivity index (χ0n) is 13.7. The number of para-hydroxylation sites is 1. The fourth-order valence-electron chi connectivity index (χ4n) is 2.25. The summed E-state index contributed by atoms with van der Waals surface area (Å²) in [6.07, 6.45) is -4.21. The van der Waals surface area contributed by atoms with Gasteiger partial charge in [-0.25, -0.2) is 0 Å². The van der Waals surface area contributed by atoms with E-state index in [1.807, 2.05) is 0 Å². The Kier molecular flexibility index (Phi) is 6.17. The van der Waals surface area contributed by atoms with Gasteiger partial charge in [-0.05, 0) is 31.5 Å². The van der Waals surface area contributed by atoms with Crippen molar-refractivity contribution in [1.29, 1.82) is 0 Å². The Morgan fingerprint density at radius 1 is 1.31 bits per heavy atom. The second kappa shape index (κ2) is 8.15. The zero-order valence-corrected chi connectivity index (χ0v) is 13.7. The Labute approximate surface area is 145 Å². The van der Waals surface area contributed by atoms with Gasteiger partial charge in [0.05, 0.1) is 5.56 Å². The molecule has 1 N–H and O–H groups in total. The largest absolute Gasteiger partial charge is 0.435 e. The Balaban J connectivity index is 1.89. The van der Waals surface area contributed by atoms with Crippen LogP contribution in [-0.4, -0.2) is 28.8 Å². The van der Waals surface area contributed by atoms with Crippen LogP contribution in [0.2, 0.25) is 0 Å². The Hall–Kier alpha value is -2.65. The summed E-state index contributed by atoms with van der Waals surface area (Å²) < 4.78 is 67.9. The number of nitrogens with one attached hydrogen (secondary N) is 1. The van der Waals surface area contributed by atoms with Crippen LogP contribution in [-0.2, 0) is 12.7 Å². The van der Waals surface area contributed by atoms with E-state index in [0.717, 1.165) is 6.07 Å². The highest BCUT2D eigenvalue weighted by molar-refractivity contribution is 5.96. The molecule has 0 unspecified atom stereocenters. The maximum Gasteiger partial charge on any atom is 0.435 e. The van der Waals surface area contributed by atoms with Crippen LogP contribution >= 0.6 is 0 Å². The van der Waals surface area contributed by atoms with Gasteiger partial charge in [0.25, 0.3) is 5.91 Å². The molecule has 1 aromatic carbocycles. The molecule has 1 heterocycles. The molecular formula is C16H16F5N3O2. The Bertz CT molecular complexity index is 759. The van der Waals surface area contributed by atoms with E-state index in [1.54, 1.807) is 0 Å². The summed E-state index contributed by atoms with van der Waals surface area (Å²) in [6.45, 7) is -1.27. The number of rotatable bonds is 7. The monoisotopic (exact) mass is 377 g/mol. The smallest absolute Gasteiger partial charge is 0.434 e. The molecule has 0 aliphatic heterocycles. The first kappa shape index (κ1) is 19.7. The number of carbonyl (C=O) groups is 1. The molecule has 0 saturated heterocycles. The van der Waals surface area contributed by atoms with Crippen LogP contribution in [0.3, 0.4) is 0 Å². The first-order valence-corrected chi connectivity index (χ1v) is 7.62. The summed E-state index contributed by atoms with van der Waals surface area (Å²) in [6, 6.07) is 6.47. The number of halogens is 5. The SMILES string of the molecule is Cc1cc(C(F)(F)F)nn1CCCNC(=O)c1ccccc1OC(F)F. The number of hydrogen-bond acceptors (Lipinski definition) is 3. The third-order valence-electron chi connectivity index (χ3n) is 3.45. The summed E-state index contributed by atoms with van der Waals surface area (Å²) in [5.74, 6) is -0.868. The summed E-state index contributed by atoms with van der Waals surface area (Å²) in [5.41, 5.74) is -0.682. The molecule has 1 aromatic heterocycles. The maximum absolute atomic E-state index is 12.6. The average molecular weight is 377 g/mol. The van der Waals surface area contributed by atoms with Crippen LogP contribution in [0.1, 0.15) is 28.2 Å². The lowest BCUT2D eigenvalue weighted by molar-refractivity contribution is -0.141. The summed E-state index contributed by atoms with van der Waals surface area (Å²) >= 11 is 0. The number of ether oxygens (including phenoxy) is 1. The number of benzene rings is 1. The minimum atomic E-state index is -4.52. The van der Waals surface area contributed by atoms with Crippen LogP contribution in [0.4, 0.5) is 22.0 Å². The molecule has 0 aliphatic rings. The topological polar surface area (TPSA) is 56.2 Å². The van der Waals surface area contributed by atoms with E-state index in [1.165, 1.54) is 35.9 Å². The van der Waals surface area contributed by atoms with Crippen LogP contribution in [0.15, 0.2) is 30.3 Å². The molecule has 0 atom stereocenters. The number of alkyl halides is 5. The molecule has 2 rings (SSSR count). The van der Waals surface area contributed by atoms with Crippen molar-refractivity contribution in [3.8, 4) is 5.75 Å². The quantitative estimate of drug-likeness (QED) is 0.592. The number of carbonyl (C=O) groups excluding carboxylic acids is 1. The van der Waals surface area contributed by atoms with E-state index in [2.05, 4.69) is 15.2 Å². The van der Waals surface area contributed by atoms with Gasteiger partial charge in [-0.15, -0.1) is 0 Å². The zero-order chi connectivity index (χ0) is 19.3. The predicted octanol–water partition coefficient (Wildman–Crippen LogP) is 3.63. The van der Waals surface area contributed by atoms with Crippen molar-refractivity contribution in [2.45, 2.75) is 32.7 Å². The lowest BCUT2D eigenvalue weighted by atomic mass is 10.2. The first-order chi connectivity index (χ1) is 12.2. The van der Waals surface area contributed by atoms with E-state index >= 15 is 0 Å². The van der Waals surface area contributed by atoms with Crippen LogP contribution < -0.4 is 10.1 Å². The van der Waals surface area contributed by atoms with E-state index in [9.17, 15) is 26.7 Å². The lowest BCUT2D eigenvalue weighted by Crippen LogP contribution is -2.26. The van der Waals surface area contributed by atoms with Crippen LogP contribution in [0, 0.1) is 6.92 Å². The van der Waals surface area contributed by atoms with Gasteiger partial charge in [0.2, 0.25) is 0 Å². The van der Waals surface area contributed by atoms with Gasteiger partial charge >= 0.3 is 12.8 Å². The van der Waals surface area contributed by atoms with Gasteiger partial charge in [0, 0.05) is 18.8 Å². The van der Waals surface area contributed by atoms with Gasteiger partial charge < -0.3 is 10.1 Å². The third kappa shape index (κ3) is 5.17. The Morgan fingerprint density at radius 2 is 2.00 bits per heavy atom. The standard InChI is InChI=1S/C16H16F5N3O2/c1-10-9-13(16(19,20)21)23-24(10)8-4-7-22-14(25)11-5-2-3-6-12(11)26-15(17)18/h2-3,5-6,9,15H,4,7-8H2,1H3,(H,22,25). The summed E-state index contributed by atoms with van der Waals surface area (Å²) in [5, 5.41) is 5.99. The molecule has 1 amide bonds. The average Bonchev–Trinajstić information content (AvgIpc) is 2.92. The van der Waals surface area contributed by atoms with Crippen molar-refractivity contribution in [3.05, 3.63) is 47.3 Å². The molecule has 0 spiro atoms. The second-order valence-corrected chi connectivity index (χ2v) is 5.38. The number of hydrogen-bond donors (Lipinski definition) is 1. The molecule has 26 heavy (non-hydrogen) atoms. The number of nitrogens with zero attached hydrogens (tertiary/aromatic N) is 2. The molecule has 5 nitrogen and oxygen atoms in total. The van der Waals surface area contributed by atoms with Crippen molar-refractivity contribution >= 4 is 5.91 Å². The molecule has 0 aliphatic carbocycles. The van der Waals surface area contributed by atoms with E-state index in [-0.39, 0.29) is 24.4 Å². The van der Waals surface area contributed by atoms with E-state index in [4.69, 9.17) is 0 Å². The minimum absolute atomic E-state index is 0.0533. The second-order valence-electron chi connectivity index (χ2n) is 5.38. The van der Waals surface area contributed by atoms with E-state index in [0.29, 0.717) is 12.1 Å². The lowest BCUT2D eigenvalue weighted by Gasteiger charge is -2.11. The molecule has 142 valence electrons. The van der Waals surface area contributed by atoms with Crippen molar-refractivity contribution in [3.63, 3.8) is 0 Å². The highest BCUT2D eigenvalue weighted by Gasteiger charge is 2.34. The molecule has 0 radical (unpaired) electrons. The normalized spacial score (nSPS) is 11.7. The van der Waals surface area contributed by atoms with Crippen molar-refractivity contribution in [2.75, 3.05) is 6.54 Å². The maximum atomic E-state index is 12.6. The molecule has 2 aromatic rings. The number of aromatic nitrogens is 2. The van der Waals surface area contributed by atoms with Gasteiger partial charge in [0.1, 0.15) is 5.75 Å². The highest BCUT2D eigenvalue weighted by Crippen LogP contribution is 2.28. The summed E-state index contributed by atoms with van der Waals surface area (Å²) in [7, 11) is 0. The van der Waals surface area contributed by atoms with Gasteiger partial charge in [0.15, 0.2) is 5.69 Å². The van der Waals surface area contributed by atoms with Gasteiger partial charge in [-0.2, -0.15) is 27.1 Å². The molecule has 0 fully saturated rings. The first-order valence-electron chi connectivity index (χ1n) is 7.62. The van der Waals surface area contributed by atoms with Crippen molar-refractivity contribution in [2.24, 2.45) is 0 Å². The van der Waals surface area contributed by atoms with Crippen molar-refractivity contribution < 1.29 is 31.5 Å². The number of amides is 1. The Morgan fingerprint density at radius 3 is 2.62 bits per heavy atom. The predicted molar refractivity (Wildman–Crippen MR) is 82.0 cm³/mol. The van der Waals surface area contributed by atoms with E-state index < -0.39 is 24.4 Å². The van der Waals surface area contributed by atoms with Gasteiger partial charge in [-0.3, -0.25) is 9.48 Å². The fourth-order valence-corrected chi connectivity index (χ4v) is 2.25. The molecule has 10 heteroatoms. The van der Waals surface area contributed by atoms with Crippen molar-refractivity contribution in [1.82, 2.24) is 15.1 Å². The highest BCUT2D eigenvalue weighted by atomic mass is 19.4. The molecular weight excluding hydrogens is 361 g/mol. The van der Waals surface area contributed by atoms with Crippen LogP contribution in [0.5, 0.6) is 5.75 Å². The molecule has 0 bridgehead atoms. The minimum Gasteiger partial charge on any atom is -0.434 e. The number of aryl methyl sites for hydroxylation is 2.